The van der Waals surface area contributed by atoms with Gasteiger partial charge in [-0.2, -0.15) is 0 Å². The van der Waals surface area contributed by atoms with E-state index in [1.165, 1.54) is 0 Å². The Kier molecular flexibility index (Phi) is 3.06. The highest BCUT2D eigenvalue weighted by Gasteiger charge is 2.45. The van der Waals surface area contributed by atoms with E-state index >= 15 is 0 Å². The maximum Gasteiger partial charge on any atom is 0.309 e. The first-order chi connectivity index (χ1) is 7.63. The van der Waals surface area contributed by atoms with E-state index in [0.717, 1.165) is 12.0 Å². The number of anilines is 1. The van der Waals surface area contributed by atoms with Gasteiger partial charge in [0.25, 0.3) is 0 Å². The van der Waals surface area contributed by atoms with Crippen LogP contribution in [0.2, 0.25) is 5.02 Å². The maximum atomic E-state index is 11.5. The standard InChI is InChI=1S/C12H14ClNO2/c1-2-16-12(15)10-6-9(10)8-4-3-7(14)5-11(8)13/h3-5,9-10H,2,6,14H2,1H3/t9-,10+/m0/s1. The van der Waals surface area contributed by atoms with E-state index < -0.39 is 0 Å². The van der Waals surface area contributed by atoms with Gasteiger partial charge in [-0.1, -0.05) is 17.7 Å². The zero-order chi connectivity index (χ0) is 11.7. The highest BCUT2D eigenvalue weighted by molar-refractivity contribution is 6.31. The van der Waals surface area contributed by atoms with Crippen LogP contribution in [-0.2, 0) is 9.53 Å². The minimum absolute atomic E-state index is 0.0268. The summed E-state index contributed by atoms with van der Waals surface area (Å²) in [6.07, 6.45) is 0.822. The summed E-state index contributed by atoms with van der Waals surface area (Å²) in [4.78, 5) is 11.5. The molecular formula is C12H14ClNO2. The minimum Gasteiger partial charge on any atom is -0.466 e. The fourth-order valence-corrected chi connectivity index (χ4v) is 2.22. The third kappa shape index (κ3) is 2.14. The summed E-state index contributed by atoms with van der Waals surface area (Å²) in [5.41, 5.74) is 7.25. The SMILES string of the molecule is CCOC(=O)[C@@H]1C[C@H]1c1ccc(N)cc1Cl. The zero-order valence-electron chi connectivity index (χ0n) is 9.07. The van der Waals surface area contributed by atoms with Crippen LogP contribution in [0.25, 0.3) is 0 Å². The number of hydrogen-bond donors (Lipinski definition) is 1. The molecule has 16 heavy (non-hydrogen) atoms. The Morgan fingerprint density at radius 2 is 2.38 bits per heavy atom. The molecule has 0 bridgehead atoms. The van der Waals surface area contributed by atoms with Crippen molar-refractivity contribution in [2.45, 2.75) is 19.3 Å². The summed E-state index contributed by atoms with van der Waals surface area (Å²) in [6.45, 7) is 2.24. The molecule has 1 saturated carbocycles. The number of halogens is 1. The van der Waals surface area contributed by atoms with Crippen LogP contribution in [0, 0.1) is 5.92 Å². The predicted octanol–water partition coefficient (Wildman–Crippen LogP) is 2.59. The Bertz CT molecular complexity index is 419. The van der Waals surface area contributed by atoms with Gasteiger partial charge in [0.2, 0.25) is 0 Å². The van der Waals surface area contributed by atoms with E-state index in [1.807, 2.05) is 19.1 Å². The van der Waals surface area contributed by atoms with E-state index in [9.17, 15) is 4.79 Å². The molecule has 3 nitrogen and oxygen atoms in total. The number of esters is 1. The van der Waals surface area contributed by atoms with Crippen molar-refractivity contribution in [2.24, 2.45) is 5.92 Å². The molecular weight excluding hydrogens is 226 g/mol. The molecule has 0 heterocycles. The highest BCUT2D eigenvalue weighted by Crippen LogP contribution is 2.50. The van der Waals surface area contributed by atoms with Crippen LogP contribution in [0.4, 0.5) is 5.69 Å². The maximum absolute atomic E-state index is 11.5. The Balaban J connectivity index is 2.08. The minimum atomic E-state index is -0.125. The van der Waals surface area contributed by atoms with Gasteiger partial charge in [-0.15, -0.1) is 0 Å². The number of nitrogen functional groups attached to an aromatic ring is 1. The average Bonchev–Trinajstić information content (AvgIpc) is 2.98. The molecule has 0 spiro atoms. The van der Waals surface area contributed by atoms with Crippen molar-refractivity contribution in [3.8, 4) is 0 Å². The van der Waals surface area contributed by atoms with Crippen LogP contribution in [-0.4, -0.2) is 12.6 Å². The number of rotatable bonds is 3. The quantitative estimate of drug-likeness (QED) is 0.652. The Morgan fingerprint density at radius 3 is 3.00 bits per heavy atom. The van der Waals surface area contributed by atoms with E-state index in [4.69, 9.17) is 22.1 Å². The zero-order valence-corrected chi connectivity index (χ0v) is 9.83. The van der Waals surface area contributed by atoms with Crippen LogP contribution >= 0.6 is 11.6 Å². The van der Waals surface area contributed by atoms with Crippen molar-refractivity contribution in [3.63, 3.8) is 0 Å². The molecule has 86 valence electrons. The van der Waals surface area contributed by atoms with Crippen LogP contribution in [0.5, 0.6) is 0 Å². The number of hydrogen-bond acceptors (Lipinski definition) is 3. The molecule has 1 aliphatic rings. The van der Waals surface area contributed by atoms with Crippen LogP contribution in [0.15, 0.2) is 18.2 Å². The van der Waals surface area contributed by atoms with Crippen molar-refractivity contribution < 1.29 is 9.53 Å². The lowest BCUT2D eigenvalue weighted by Crippen LogP contribution is -2.07. The summed E-state index contributed by atoms with van der Waals surface area (Å²) < 4.78 is 4.97. The number of benzene rings is 1. The van der Waals surface area contributed by atoms with E-state index in [-0.39, 0.29) is 17.8 Å². The summed E-state index contributed by atoms with van der Waals surface area (Å²) >= 11 is 6.08. The molecule has 1 aliphatic carbocycles. The number of ether oxygens (including phenoxy) is 1. The molecule has 0 unspecified atom stereocenters. The lowest BCUT2D eigenvalue weighted by Gasteiger charge is -2.04. The van der Waals surface area contributed by atoms with Crippen molar-refractivity contribution in [3.05, 3.63) is 28.8 Å². The fraction of sp³-hybridized carbons (Fsp3) is 0.417. The molecule has 2 atom stereocenters. The Hall–Kier alpha value is -1.22. The second-order valence-corrected chi connectivity index (χ2v) is 4.39. The molecule has 0 aliphatic heterocycles. The van der Waals surface area contributed by atoms with Gasteiger partial charge in [-0.3, -0.25) is 4.79 Å². The normalized spacial score (nSPS) is 22.9. The van der Waals surface area contributed by atoms with Crippen LogP contribution in [0.1, 0.15) is 24.8 Å². The monoisotopic (exact) mass is 239 g/mol. The van der Waals surface area contributed by atoms with Crippen LogP contribution in [0.3, 0.4) is 0 Å². The van der Waals surface area contributed by atoms with Gasteiger partial charge in [-0.05, 0) is 37.0 Å². The van der Waals surface area contributed by atoms with Gasteiger partial charge < -0.3 is 10.5 Å². The van der Waals surface area contributed by atoms with Gasteiger partial charge in [0.1, 0.15) is 0 Å². The van der Waals surface area contributed by atoms with Gasteiger partial charge in [0.15, 0.2) is 0 Å². The van der Waals surface area contributed by atoms with Gasteiger partial charge in [0, 0.05) is 10.7 Å². The van der Waals surface area contributed by atoms with Crippen molar-refractivity contribution in [2.75, 3.05) is 12.3 Å². The largest absolute Gasteiger partial charge is 0.466 e. The highest BCUT2D eigenvalue weighted by atomic mass is 35.5. The van der Waals surface area contributed by atoms with Crippen molar-refractivity contribution in [1.82, 2.24) is 0 Å². The lowest BCUT2D eigenvalue weighted by atomic mass is 10.1. The Morgan fingerprint density at radius 1 is 1.62 bits per heavy atom. The molecule has 1 aromatic rings. The number of nitrogens with two attached hydrogens (primary N) is 1. The van der Waals surface area contributed by atoms with Crippen molar-refractivity contribution >= 4 is 23.3 Å². The fourth-order valence-electron chi connectivity index (χ4n) is 1.89. The first-order valence-electron chi connectivity index (χ1n) is 5.35. The molecule has 2 rings (SSSR count). The molecule has 0 saturated heterocycles. The number of carbonyl (C=O) groups is 1. The molecule has 2 N–H and O–H groups in total. The lowest BCUT2D eigenvalue weighted by molar-refractivity contribution is -0.144. The first kappa shape index (κ1) is 11.3. The van der Waals surface area contributed by atoms with Gasteiger partial charge in [-0.25, -0.2) is 0 Å². The summed E-state index contributed by atoms with van der Waals surface area (Å²) in [6, 6.07) is 5.42. The molecule has 0 amide bonds. The third-order valence-corrected chi connectivity index (χ3v) is 3.13. The van der Waals surface area contributed by atoms with E-state index in [2.05, 4.69) is 0 Å². The smallest absolute Gasteiger partial charge is 0.309 e. The average molecular weight is 240 g/mol. The predicted molar refractivity (Wildman–Crippen MR) is 63.3 cm³/mol. The molecule has 1 fully saturated rings. The van der Waals surface area contributed by atoms with E-state index in [0.29, 0.717) is 17.3 Å². The van der Waals surface area contributed by atoms with Gasteiger partial charge >= 0.3 is 5.97 Å². The summed E-state index contributed by atoms with van der Waals surface area (Å²) in [5.74, 6) is 0.0496. The second-order valence-electron chi connectivity index (χ2n) is 3.98. The summed E-state index contributed by atoms with van der Waals surface area (Å²) in [7, 11) is 0. The Labute approximate surface area is 99.5 Å². The van der Waals surface area contributed by atoms with E-state index in [1.54, 1.807) is 6.07 Å². The topological polar surface area (TPSA) is 52.3 Å². The molecule has 1 aromatic carbocycles. The second kappa shape index (κ2) is 4.34. The molecule has 0 radical (unpaired) electrons. The number of carbonyl (C=O) groups excluding carboxylic acids is 1. The first-order valence-corrected chi connectivity index (χ1v) is 5.72. The molecule has 0 aromatic heterocycles. The molecule has 4 heteroatoms. The van der Waals surface area contributed by atoms with Crippen LogP contribution < -0.4 is 5.73 Å². The third-order valence-electron chi connectivity index (χ3n) is 2.80. The van der Waals surface area contributed by atoms with Gasteiger partial charge in [0.05, 0.1) is 12.5 Å². The van der Waals surface area contributed by atoms with Crippen molar-refractivity contribution in [1.29, 1.82) is 0 Å². The summed E-state index contributed by atoms with van der Waals surface area (Å²) in [5, 5.41) is 0.636.